The largest absolute Gasteiger partial charge is 0.395 e. The average Bonchev–Trinajstić information content (AvgIpc) is 2.41. The van der Waals surface area contributed by atoms with E-state index in [4.69, 9.17) is 5.11 Å². The number of unbranched alkanes of at least 4 members (excludes halogenated alkanes) is 1. The van der Waals surface area contributed by atoms with Gasteiger partial charge in [0.2, 0.25) is 0 Å². The summed E-state index contributed by atoms with van der Waals surface area (Å²) in [4.78, 5) is 6.51. The third-order valence-corrected chi connectivity index (χ3v) is 2.82. The monoisotopic (exact) mass is 251 g/mol. The van der Waals surface area contributed by atoms with Gasteiger partial charge in [-0.1, -0.05) is 20.3 Å². The maximum absolute atomic E-state index is 9.14. The van der Waals surface area contributed by atoms with Gasteiger partial charge in [-0.15, -0.1) is 0 Å². The van der Waals surface area contributed by atoms with Crippen molar-refractivity contribution in [2.45, 2.75) is 33.1 Å². The third kappa shape index (κ3) is 4.92. The van der Waals surface area contributed by atoms with E-state index in [1.807, 2.05) is 12.3 Å². The van der Waals surface area contributed by atoms with Crippen molar-refractivity contribution < 1.29 is 5.11 Å². The predicted molar refractivity (Wildman–Crippen MR) is 77.2 cm³/mol. The van der Waals surface area contributed by atoms with Crippen molar-refractivity contribution in [3.8, 4) is 0 Å². The molecule has 0 atom stereocenters. The fourth-order valence-electron chi connectivity index (χ4n) is 1.81. The van der Waals surface area contributed by atoms with Crippen LogP contribution >= 0.6 is 0 Å². The van der Waals surface area contributed by atoms with Gasteiger partial charge >= 0.3 is 0 Å². The summed E-state index contributed by atoms with van der Waals surface area (Å²) in [7, 11) is 0. The van der Waals surface area contributed by atoms with Crippen LogP contribution in [0, 0.1) is 0 Å². The van der Waals surface area contributed by atoms with E-state index in [-0.39, 0.29) is 6.61 Å². The van der Waals surface area contributed by atoms with Crippen LogP contribution in [0.1, 0.15) is 33.1 Å². The second kappa shape index (κ2) is 8.75. The van der Waals surface area contributed by atoms with Crippen molar-refractivity contribution in [2.24, 2.45) is 0 Å². The molecule has 1 heterocycles. The minimum atomic E-state index is 0.184. The van der Waals surface area contributed by atoms with E-state index in [1.54, 1.807) is 0 Å². The molecule has 0 saturated heterocycles. The molecule has 0 saturated carbocycles. The number of rotatable bonds is 9. The number of nitrogens with zero attached hydrogens (tertiary/aromatic N) is 2. The molecule has 0 bridgehead atoms. The molecule has 102 valence electrons. The third-order valence-electron chi connectivity index (χ3n) is 2.82. The van der Waals surface area contributed by atoms with E-state index in [9.17, 15) is 0 Å². The van der Waals surface area contributed by atoms with Gasteiger partial charge in [0.1, 0.15) is 5.82 Å². The molecule has 0 aliphatic heterocycles. The highest BCUT2D eigenvalue weighted by molar-refractivity contribution is 5.53. The highest BCUT2D eigenvalue weighted by atomic mass is 16.3. The van der Waals surface area contributed by atoms with Gasteiger partial charge in [0.25, 0.3) is 0 Å². The summed E-state index contributed by atoms with van der Waals surface area (Å²) in [6, 6.07) is 4.06. The van der Waals surface area contributed by atoms with Crippen LogP contribution in [0.5, 0.6) is 0 Å². The number of aliphatic hydroxyl groups is 1. The molecule has 0 spiro atoms. The lowest BCUT2D eigenvalue weighted by atomic mass is 10.2. The normalized spacial score (nSPS) is 10.4. The summed E-state index contributed by atoms with van der Waals surface area (Å²) in [5.41, 5.74) is 1.13. The number of anilines is 2. The first kappa shape index (κ1) is 14.8. The molecular weight excluding hydrogens is 226 g/mol. The standard InChI is InChI=1S/C14H25N3O/c1-3-5-9-17(10-11-18)13-6-8-16-14(12-13)15-7-4-2/h6,8,12,18H,3-5,7,9-11H2,1-2H3,(H,15,16). The first-order valence-corrected chi connectivity index (χ1v) is 6.87. The lowest BCUT2D eigenvalue weighted by molar-refractivity contribution is 0.301. The summed E-state index contributed by atoms with van der Waals surface area (Å²) in [6.07, 6.45) is 5.21. The van der Waals surface area contributed by atoms with Gasteiger partial charge in [-0.2, -0.15) is 0 Å². The molecule has 1 rings (SSSR count). The van der Waals surface area contributed by atoms with Gasteiger partial charge < -0.3 is 15.3 Å². The lowest BCUT2D eigenvalue weighted by Crippen LogP contribution is -2.27. The number of aromatic nitrogens is 1. The molecule has 0 aliphatic carbocycles. The quantitative estimate of drug-likeness (QED) is 0.708. The highest BCUT2D eigenvalue weighted by Crippen LogP contribution is 2.17. The fraction of sp³-hybridized carbons (Fsp3) is 0.643. The number of pyridine rings is 1. The van der Waals surface area contributed by atoms with Gasteiger partial charge in [0.15, 0.2) is 0 Å². The van der Waals surface area contributed by atoms with E-state index in [2.05, 4.69) is 35.1 Å². The average molecular weight is 251 g/mol. The van der Waals surface area contributed by atoms with Crippen molar-refractivity contribution in [3.63, 3.8) is 0 Å². The smallest absolute Gasteiger partial charge is 0.127 e. The van der Waals surface area contributed by atoms with Crippen molar-refractivity contribution in [1.82, 2.24) is 4.98 Å². The van der Waals surface area contributed by atoms with Crippen LogP contribution in [0.4, 0.5) is 11.5 Å². The Morgan fingerprint density at radius 1 is 1.28 bits per heavy atom. The molecule has 0 amide bonds. The molecular formula is C14H25N3O. The van der Waals surface area contributed by atoms with E-state index in [0.29, 0.717) is 6.54 Å². The Hall–Kier alpha value is -1.29. The Morgan fingerprint density at radius 2 is 2.11 bits per heavy atom. The van der Waals surface area contributed by atoms with Gasteiger partial charge in [-0.25, -0.2) is 4.98 Å². The molecule has 18 heavy (non-hydrogen) atoms. The van der Waals surface area contributed by atoms with Crippen molar-refractivity contribution in [2.75, 3.05) is 36.5 Å². The summed E-state index contributed by atoms with van der Waals surface area (Å²) < 4.78 is 0. The molecule has 1 aromatic heterocycles. The second-order valence-corrected chi connectivity index (χ2v) is 4.39. The highest BCUT2D eigenvalue weighted by Gasteiger charge is 2.06. The second-order valence-electron chi connectivity index (χ2n) is 4.39. The molecule has 2 N–H and O–H groups in total. The van der Waals surface area contributed by atoms with Crippen LogP contribution in [0.2, 0.25) is 0 Å². The van der Waals surface area contributed by atoms with Gasteiger partial charge in [-0.05, 0) is 18.9 Å². The number of hydrogen-bond acceptors (Lipinski definition) is 4. The van der Waals surface area contributed by atoms with Gasteiger partial charge in [-0.3, -0.25) is 0 Å². The maximum Gasteiger partial charge on any atom is 0.127 e. The molecule has 0 radical (unpaired) electrons. The van der Waals surface area contributed by atoms with Crippen molar-refractivity contribution in [3.05, 3.63) is 18.3 Å². The zero-order valence-corrected chi connectivity index (χ0v) is 11.5. The van der Waals surface area contributed by atoms with Crippen molar-refractivity contribution >= 4 is 11.5 Å². The van der Waals surface area contributed by atoms with Crippen LogP contribution in [0.25, 0.3) is 0 Å². The van der Waals surface area contributed by atoms with Crippen LogP contribution in [-0.2, 0) is 0 Å². The van der Waals surface area contributed by atoms with E-state index in [1.165, 1.54) is 0 Å². The summed E-state index contributed by atoms with van der Waals surface area (Å²) in [5, 5.41) is 12.4. The minimum Gasteiger partial charge on any atom is -0.395 e. The number of nitrogens with one attached hydrogen (secondary N) is 1. The van der Waals surface area contributed by atoms with E-state index in [0.717, 1.165) is 43.9 Å². The fourth-order valence-corrected chi connectivity index (χ4v) is 1.81. The van der Waals surface area contributed by atoms with Crippen molar-refractivity contribution in [1.29, 1.82) is 0 Å². The van der Waals surface area contributed by atoms with E-state index >= 15 is 0 Å². The van der Waals surface area contributed by atoms with Gasteiger partial charge in [0.05, 0.1) is 6.61 Å². The molecule has 4 heteroatoms. The Morgan fingerprint density at radius 3 is 2.78 bits per heavy atom. The van der Waals surface area contributed by atoms with Crippen LogP contribution in [0.15, 0.2) is 18.3 Å². The minimum absolute atomic E-state index is 0.184. The van der Waals surface area contributed by atoms with E-state index < -0.39 is 0 Å². The van der Waals surface area contributed by atoms with Crippen LogP contribution in [0.3, 0.4) is 0 Å². The van der Waals surface area contributed by atoms with Gasteiger partial charge in [0, 0.05) is 37.6 Å². The predicted octanol–water partition coefficient (Wildman–Crippen LogP) is 2.50. The maximum atomic E-state index is 9.14. The Kier molecular flexibility index (Phi) is 7.18. The molecule has 4 nitrogen and oxygen atoms in total. The van der Waals surface area contributed by atoms with Crippen LogP contribution < -0.4 is 10.2 Å². The zero-order chi connectivity index (χ0) is 13.2. The zero-order valence-electron chi connectivity index (χ0n) is 11.5. The molecule has 0 aliphatic rings. The Labute approximate surface area is 110 Å². The molecule has 1 aromatic rings. The Balaban J connectivity index is 2.70. The molecule has 0 fully saturated rings. The topological polar surface area (TPSA) is 48.4 Å². The molecule has 0 aromatic carbocycles. The first-order chi connectivity index (χ1) is 8.81. The number of hydrogen-bond donors (Lipinski definition) is 2. The molecule has 0 unspecified atom stereocenters. The lowest BCUT2D eigenvalue weighted by Gasteiger charge is -2.24. The Bertz CT molecular complexity index is 331. The first-order valence-electron chi connectivity index (χ1n) is 6.87. The SMILES string of the molecule is CCCCN(CCO)c1ccnc(NCCC)c1. The summed E-state index contributed by atoms with van der Waals surface area (Å²) in [5.74, 6) is 0.911. The summed E-state index contributed by atoms with van der Waals surface area (Å²) >= 11 is 0. The number of aliphatic hydroxyl groups excluding tert-OH is 1. The summed E-state index contributed by atoms with van der Waals surface area (Å²) in [6.45, 7) is 7.09. The van der Waals surface area contributed by atoms with Crippen LogP contribution in [-0.4, -0.2) is 36.3 Å².